The molecule has 5 rings (SSSR count). The second-order valence-electron chi connectivity index (χ2n) is 8.84. The van der Waals surface area contributed by atoms with E-state index in [4.69, 9.17) is 0 Å². The van der Waals surface area contributed by atoms with Crippen LogP contribution in [-0.2, 0) is 24.3 Å². The zero-order valence-corrected chi connectivity index (χ0v) is 19.2. The van der Waals surface area contributed by atoms with Gasteiger partial charge in [-0.15, -0.1) is 0 Å². The van der Waals surface area contributed by atoms with Crippen LogP contribution >= 0.6 is 0 Å². The number of carbonyl (C=O) groups excluding carboxylic acids is 1. The van der Waals surface area contributed by atoms with E-state index in [2.05, 4.69) is 57.3 Å². The van der Waals surface area contributed by atoms with E-state index in [1.54, 1.807) is 6.20 Å². The largest absolute Gasteiger partial charge is 0.347 e. The summed E-state index contributed by atoms with van der Waals surface area (Å²) in [6.45, 7) is 6.20. The molecule has 1 aliphatic heterocycles. The number of nitrogens with one attached hydrogen (secondary N) is 1. The fourth-order valence-corrected chi connectivity index (χ4v) is 4.95. The summed E-state index contributed by atoms with van der Waals surface area (Å²) < 4.78 is 4.34. The smallest absolute Gasteiger partial charge is 0.229 e. The third kappa shape index (κ3) is 4.71. The van der Waals surface area contributed by atoms with Gasteiger partial charge in [0.2, 0.25) is 5.91 Å². The summed E-state index contributed by atoms with van der Waals surface area (Å²) in [5.41, 5.74) is 3.73. The van der Waals surface area contributed by atoms with E-state index in [0.717, 1.165) is 50.4 Å². The zero-order chi connectivity index (χ0) is 22.6. The summed E-state index contributed by atoms with van der Waals surface area (Å²) in [5, 5.41) is 8.96. The number of hydrogen-bond acceptors (Lipinski definition) is 3. The first-order chi connectivity index (χ1) is 16.2. The Labute approximate surface area is 194 Å². The van der Waals surface area contributed by atoms with Gasteiger partial charge in [0.05, 0.1) is 18.7 Å². The minimum absolute atomic E-state index is 0.00676. The van der Waals surface area contributed by atoms with Crippen molar-refractivity contribution in [3.63, 3.8) is 0 Å². The second-order valence-corrected chi connectivity index (χ2v) is 8.84. The number of anilines is 1. The third-order valence-corrected chi connectivity index (χ3v) is 6.65. The Kier molecular flexibility index (Phi) is 6.26. The average molecular weight is 442 g/mol. The molecule has 0 spiro atoms. The van der Waals surface area contributed by atoms with Gasteiger partial charge >= 0.3 is 0 Å². The maximum absolute atomic E-state index is 12.5. The SMILES string of the molecule is CCn1cc(CN2CCC(n3nccc3NC(=O)Cc3ccccc3)CC2)c2ccccc21. The minimum Gasteiger partial charge on any atom is -0.347 e. The van der Waals surface area contributed by atoms with Crippen LogP contribution in [-0.4, -0.2) is 38.2 Å². The molecule has 2 aromatic heterocycles. The Balaban J connectivity index is 1.20. The number of carbonyl (C=O) groups is 1. The maximum atomic E-state index is 12.5. The summed E-state index contributed by atoms with van der Waals surface area (Å²) in [5.74, 6) is 0.785. The van der Waals surface area contributed by atoms with Crippen molar-refractivity contribution in [3.05, 3.63) is 84.2 Å². The molecule has 6 nitrogen and oxygen atoms in total. The van der Waals surface area contributed by atoms with Gasteiger partial charge in [-0.1, -0.05) is 48.5 Å². The molecular weight excluding hydrogens is 410 g/mol. The number of aryl methyl sites for hydroxylation is 1. The number of likely N-dealkylation sites (tertiary alicyclic amines) is 1. The molecule has 0 bridgehead atoms. The van der Waals surface area contributed by atoms with Crippen molar-refractivity contribution < 1.29 is 4.79 Å². The van der Waals surface area contributed by atoms with Crippen LogP contribution in [0.4, 0.5) is 5.82 Å². The molecule has 0 atom stereocenters. The van der Waals surface area contributed by atoms with Gasteiger partial charge in [-0.2, -0.15) is 5.10 Å². The van der Waals surface area contributed by atoms with E-state index < -0.39 is 0 Å². The van der Waals surface area contributed by atoms with E-state index in [1.165, 1.54) is 16.5 Å². The highest BCUT2D eigenvalue weighted by atomic mass is 16.1. The highest BCUT2D eigenvalue weighted by Gasteiger charge is 2.24. The molecule has 1 N–H and O–H groups in total. The molecular formula is C27H31N5O. The van der Waals surface area contributed by atoms with Crippen molar-refractivity contribution in [3.8, 4) is 0 Å². The predicted octanol–water partition coefficient (Wildman–Crippen LogP) is 4.88. The number of amides is 1. The quantitative estimate of drug-likeness (QED) is 0.445. The van der Waals surface area contributed by atoms with Crippen molar-refractivity contribution in [2.75, 3.05) is 18.4 Å². The average Bonchev–Trinajstić information content (AvgIpc) is 3.45. The van der Waals surface area contributed by atoms with Crippen LogP contribution in [0.15, 0.2) is 73.1 Å². The van der Waals surface area contributed by atoms with E-state index >= 15 is 0 Å². The van der Waals surface area contributed by atoms with Crippen molar-refractivity contribution in [1.82, 2.24) is 19.2 Å². The Morgan fingerprint density at radius 2 is 1.79 bits per heavy atom. The Morgan fingerprint density at radius 3 is 2.58 bits per heavy atom. The molecule has 1 fully saturated rings. The fourth-order valence-electron chi connectivity index (χ4n) is 4.95. The summed E-state index contributed by atoms with van der Waals surface area (Å²) in [6, 6.07) is 20.7. The zero-order valence-electron chi connectivity index (χ0n) is 19.2. The molecule has 170 valence electrons. The van der Waals surface area contributed by atoms with E-state index in [-0.39, 0.29) is 5.91 Å². The Morgan fingerprint density at radius 1 is 1.03 bits per heavy atom. The van der Waals surface area contributed by atoms with Crippen molar-refractivity contribution in [2.45, 2.75) is 45.3 Å². The number of benzene rings is 2. The minimum atomic E-state index is -0.00676. The van der Waals surface area contributed by atoms with Crippen LogP contribution in [0.3, 0.4) is 0 Å². The molecule has 0 radical (unpaired) electrons. The van der Waals surface area contributed by atoms with Crippen LogP contribution in [0.2, 0.25) is 0 Å². The number of aromatic nitrogens is 3. The van der Waals surface area contributed by atoms with E-state index in [0.29, 0.717) is 12.5 Å². The van der Waals surface area contributed by atoms with Crippen molar-refractivity contribution in [2.24, 2.45) is 0 Å². The van der Waals surface area contributed by atoms with Gasteiger partial charge in [0, 0.05) is 49.3 Å². The van der Waals surface area contributed by atoms with Gasteiger partial charge in [0.25, 0.3) is 0 Å². The molecule has 2 aromatic carbocycles. The molecule has 4 aromatic rings. The highest BCUT2D eigenvalue weighted by molar-refractivity contribution is 5.91. The number of para-hydroxylation sites is 1. The monoisotopic (exact) mass is 441 g/mol. The topological polar surface area (TPSA) is 55.1 Å². The molecule has 33 heavy (non-hydrogen) atoms. The molecule has 0 unspecified atom stereocenters. The predicted molar refractivity (Wildman–Crippen MR) is 132 cm³/mol. The van der Waals surface area contributed by atoms with Crippen LogP contribution in [0, 0.1) is 0 Å². The normalized spacial score (nSPS) is 15.2. The highest BCUT2D eigenvalue weighted by Crippen LogP contribution is 2.28. The maximum Gasteiger partial charge on any atom is 0.229 e. The molecule has 0 saturated carbocycles. The summed E-state index contributed by atoms with van der Waals surface area (Å²) in [4.78, 5) is 15.1. The number of rotatable bonds is 7. The third-order valence-electron chi connectivity index (χ3n) is 6.65. The van der Waals surface area contributed by atoms with Gasteiger partial charge in [-0.25, -0.2) is 4.68 Å². The summed E-state index contributed by atoms with van der Waals surface area (Å²) >= 11 is 0. The number of fused-ring (bicyclic) bond motifs is 1. The van der Waals surface area contributed by atoms with Crippen LogP contribution in [0.25, 0.3) is 10.9 Å². The first-order valence-electron chi connectivity index (χ1n) is 11.9. The lowest BCUT2D eigenvalue weighted by Crippen LogP contribution is -2.35. The molecule has 0 aliphatic carbocycles. The lowest BCUT2D eigenvalue weighted by Gasteiger charge is -2.32. The standard InChI is InChI=1S/C27H31N5O/c1-2-31-20-22(24-10-6-7-11-25(24)31)19-30-16-13-23(14-17-30)32-26(12-15-28-32)29-27(33)18-21-8-4-3-5-9-21/h3-12,15,20,23H,2,13-14,16-19H2,1H3,(H,29,33). The fraction of sp³-hybridized carbons (Fsp3) is 0.333. The molecule has 1 saturated heterocycles. The number of nitrogens with zero attached hydrogens (tertiary/aromatic N) is 4. The lowest BCUT2D eigenvalue weighted by atomic mass is 10.0. The van der Waals surface area contributed by atoms with Gasteiger partial charge in [-0.3, -0.25) is 9.69 Å². The molecule has 1 aliphatic rings. The van der Waals surface area contributed by atoms with Crippen LogP contribution < -0.4 is 5.32 Å². The van der Waals surface area contributed by atoms with Gasteiger partial charge in [0.15, 0.2) is 0 Å². The van der Waals surface area contributed by atoms with Crippen molar-refractivity contribution >= 4 is 22.6 Å². The number of piperidine rings is 1. The van der Waals surface area contributed by atoms with Crippen LogP contribution in [0.5, 0.6) is 0 Å². The molecule has 1 amide bonds. The second kappa shape index (κ2) is 9.63. The van der Waals surface area contributed by atoms with Gasteiger partial charge in [-0.05, 0) is 37.0 Å². The molecule has 6 heteroatoms. The van der Waals surface area contributed by atoms with E-state index in [9.17, 15) is 4.79 Å². The Bertz CT molecular complexity index is 1220. The first kappa shape index (κ1) is 21.5. The lowest BCUT2D eigenvalue weighted by molar-refractivity contribution is -0.115. The number of hydrogen-bond donors (Lipinski definition) is 1. The van der Waals surface area contributed by atoms with Crippen molar-refractivity contribution in [1.29, 1.82) is 0 Å². The summed E-state index contributed by atoms with van der Waals surface area (Å²) in [7, 11) is 0. The molecule has 3 heterocycles. The van der Waals surface area contributed by atoms with Crippen LogP contribution in [0.1, 0.15) is 36.9 Å². The van der Waals surface area contributed by atoms with Gasteiger partial charge in [0.1, 0.15) is 5.82 Å². The summed E-state index contributed by atoms with van der Waals surface area (Å²) in [6.07, 6.45) is 6.51. The first-order valence-corrected chi connectivity index (χ1v) is 11.9. The van der Waals surface area contributed by atoms with E-state index in [1.807, 2.05) is 41.1 Å². The van der Waals surface area contributed by atoms with Gasteiger partial charge < -0.3 is 9.88 Å². The Hall–Kier alpha value is -3.38.